The first-order valence-electron chi connectivity index (χ1n) is 38.5. The molecule has 0 aromatic rings. The molecule has 494 valence electrons. The summed E-state index contributed by atoms with van der Waals surface area (Å²) in [7, 11) is 0. The van der Waals surface area contributed by atoms with Crippen molar-refractivity contribution in [2.75, 3.05) is 13.2 Å². The van der Waals surface area contributed by atoms with Crippen LogP contribution in [-0.2, 0) is 28.6 Å². The molecule has 0 saturated carbocycles. The summed E-state index contributed by atoms with van der Waals surface area (Å²) in [4.78, 5) is 38.2. The number of carbonyl (C=O) groups is 3. The van der Waals surface area contributed by atoms with Crippen LogP contribution in [0.5, 0.6) is 0 Å². The van der Waals surface area contributed by atoms with E-state index < -0.39 is 6.10 Å². The molecule has 0 amide bonds. The molecule has 1 unspecified atom stereocenters. The monoisotopic (exact) mass is 1170 g/mol. The number of carbonyl (C=O) groups excluding carboxylic acids is 3. The van der Waals surface area contributed by atoms with Gasteiger partial charge in [-0.15, -0.1) is 0 Å². The average molecular weight is 1170 g/mol. The molecule has 0 rings (SSSR count). The third kappa shape index (κ3) is 71.1. The molecule has 0 aliphatic rings. The summed E-state index contributed by atoms with van der Waals surface area (Å²) in [6.45, 7) is 6.68. The third-order valence-electron chi connectivity index (χ3n) is 18.1. The third-order valence-corrected chi connectivity index (χ3v) is 18.1. The average Bonchev–Trinajstić information content (AvgIpc) is 3.48. The van der Waals surface area contributed by atoms with Crippen LogP contribution in [0.4, 0.5) is 0 Å². The lowest BCUT2D eigenvalue weighted by Crippen LogP contribution is -2.30. The first-order chi connectivity index (χ1) is 41.0. The van der Waals surface area contributed by atoms with E-state index >= 15 is 0 Å². The van der Waals surface area contributed by atoms with Crippen LogP contribution in [0.25, 0.3) is 0 Å². The molecule has 0 bridgehead atoms. The molecule has 0 aromatic carbocycles. The lowest BCUT2D eigenvalue weighted by Gasteiger charge is -2.18. The van der Waals surface area contributed by atoms with Crippen LogP contribution >= 0.6 is 0 Å². The van der Waals surface area contributed by atoms with Gasteiger partial charge in [0.15, 0.2) is 6.10 Å². The number of hydrogen-bond donors (Lipinski definition) is 0. The van der Waals surface area contributed by atoms with Gasteiger partial charge in [0.2, 0.25) is 0 Å². The van der Waals surface area contributed by atoms with Crippen molar-refractivity contribution in [2.24, 2.45) is 0 Å². The zero-order valence-corrected chi connectivity index (χ0v) is 57.0. The topological polar surface area (TPSA) is 78.9 Å². The van der Waals surface area contributed by atoms with Gasteiger partial charge in [-0.25, -0.2) is 0 Å². The minimum absolute atomic E-state index is 0.0615. The Labute approximate surface area is 520 Å². The van der Waals surface area contributed by atoms with Gasteiger partial charge in [-0.3, -0.25) is 14.4 Å². The molecular weight excluding hydrogens is 1020 g/mol. The largest absolute Gasteiger partial charge is 0.462 e. The quantitative estimate of drug-likeness (QED) is 0.0343. The molecule has 0 radical (unpaired) electrons. The number of rotatable bonds is 73. The predicted octanol–water partition coefficient (Wildman–Crippen LogP) is 26.6. The Kier molecular flexibility index (Phi) is 71.5. The van der Waals surface area contributed by atoms with Gasteiger partial charge in [0.1, 0.15) is 13.2 Å². The Bertz CT molecular complexity index is 1250. The Morgan fingerprint density at radius 3 is 0.482 bits per heavy atom. The van der Waals surface area contributed by atoms with Crippen molar-refractivity contribution < 1.29 is 28.6 Å². The number of hydrogen-bond acceptors (Lipinski definition) is 6. The molecule has 0 N–H and O–H groups in total. The van der Waals surface area contributed by atoms with E-state index in [1.165, 1.54) is 360 Å². The van der Waals surface area contributed by atoms with Crippen LogP contribution in [0.1, 0.15) is 457 Å². The van der Waals surface area contributed by atoms with Gasteiger partial charge in [0.25, 0.3) is 0 Å². The smallest absolute Gasteiger partial charge is 0.306 e. The van der Waals surface area contributed by atoms with Gasteiger partial charge < -0.3 is 14.2 Å². The van der Waals surface area contributed by atoms with E-state index in [1.807, 2.05) is 0 Å². The predicted molar refractivity (Wildman–Crippen MR) is 363 cm³/mol. The number of unbranched alkanes of at least 4 members (excludes halogenated alkanes) is 62. The maximum absolute atomic E-state index is 12.9. The standard InChI is InChI=1S/C77H150O6/c1-4-7-10-13-16-18-20-22-24-26-28-30-32-34-36-37-38-39-40-42-43-45-47-49-51-53-55-57-59-61-64-67-70-76(79)82-73-74(72-81-75(78)69-66-63-15-12-9-6-3)83-77(80)71-68-65-62-60-58-56-54-52-50-48-46-44-41-35-33-31-29-27-25-23-21-19-17-14-11-8-5-2/h74H,4-73H2,1-3H3. The highest BCUT2D eigenvalue weighted by atomic mass is 16.6. The highest BCUT2D eigenvalue weighted by Gasteiger charge is 2.20. The van der Waals surface area contributed by atoms with Gasteiger partial charge in [-0.05, 0) is 19.3 Å². The lowest BCUT2D eigenvalue weighted by molar-refractivity contribution is -0.167. The van der Waals surface area contributed by atoms with Gasteiger partial charge >= 0.3 is 17.9 Å². The van der Waals surface area contributed by atoms with Crippen molar-refractivity contribution in [3.05, 3.63) is 0 Å². The van der Waals surface area contributed by atoms with Crippen molar-refractivity contribution in [3.63, 3.8) is 0 Å². The zero-order chi connectivity index (χ0) is 59.9. The molecule has 83 heavy (non-hydrogen) atoms. The zero-order valence-electron chi connectivity index (χ0n) is 57.0. The summed E-state index contributed by atoms with van der Waals surface area (Å²) in [5.74, 6) is -0.834. The summed E-state index contributed by atoms with van der Waals surface area (Å²) in [6.07, 6.45) is 87.9. The molecule has 0 spiro atoms. The highest BCUT2D eigenvalue weighted by Crippen LogP contribution is 2.20. The molecular formula is C77H150O6. The molecule has 0 fully saturated rings. The number of esters is 3. The van der Waals surface area contributed by atoms with Crippen LogP contribution in [-0.4, -0.2) is 37.2 Å². The van der Waals surface area contributed by atoms with E-state index in [4.69, 9.17) is 14.2 Å². The maximum Gasteiger partial charge on any atom is 0.306 e. The van der Waals surface area contributed by atoms with Crippen LogP contribution in [0.15, 0.2) is 0 Å². The van der Waals surface area contributed by atoms with Crippen LogP contribution in [0.2, 0.25) is 0 Å². The van der Waals surface area contributed by atoms with E-state index in [9.17, 15) is 14.4 Å². The summed E-state index contributed by atoms with van der Waals surface area (Å²) in [6, 6.07) is 0. The van der Waals surface area contributed by atoms with Crippen LogP contribution in [0, 0.1) is 0 Å². The summed E-state index contributed by atoms with van der Waals surface area (Å²) in [5, 5.41) is 0. The molecule has 1 atom stereocenters. The Hall–Kier alpha value is -1.59. The molecule has 0 aromatic heterocycles. The first kappa shape index (κ1) is 81.4. The van der Waals surface area contributed by atoms with Crippen LogP contribution in [0.3, 0.4) is 0 Å². The fraction of sp³-hybridized carbons (Fsp3) is 0.961. The van der Waals surface area contributed by atoms with Crippen molar-refractivity contribution >= 4 is 17.9 Å². The molecule has 6 nitrogen and oxygen atoms in total. The van der Waals surface area contributed by atoms with Crippen molar-refractivity contribution in [2.45, 2.75) is 463 Å². The van der Waals surface area contributed by atoms with Gasteiger partial charge in [-0.2, -0.15) is 0 Å². The lowest BCUT2D eigenvalue weighted by atomic mass is 10.0. The van der Waals surface area contributed by atoms with Crippen molar-refractivity contribution in [1.29, 1.82) is 0 Å². The van der Waals surface area contributed by atoms with Crippen LogP contribution < -0.4 is 0 Å². The number of ether oxygens (including phenoxy) is 3. The van der Waals surface area contributed by atoms with Gasteiger partial charge in [0.05, 0.1) is 0 Å². The Balaban J connectivity index is 3.88. The molecule has 0 saturated heterocycles. The molecule has 0 aliphatic carbocycles. The van der Waals surface area contributed by atoms with Crippen molar-refractivity contribution in [3.8, 4) is 0 Å². The minimum Gasteiger partial charge on any atom is -0.462 e. The second-order valence-corrected chi connectivity index (χ2v) is 26.6. The molecule has 0 heterocycles. The summed E-state index contributed by atoms with van der Waals surface area (Å²) >= 11 is 0. The van der Waals surface area contributed by atoms with E-state index in [1.54, 1.807) is 0 Å². The molecule has 0 aliphatic heterocycles. The van der Waals surface area contributed by atoms with E-state index in [-0.39, 0.29) is 31.1 Å². The Morgan fingerprint density at radius 1 is 0.193 bits per heavy atom. The van der Waals surface area contributed by atoms with E-state index in [0.717, 1.165) is 57.8 Å². The van der Waals surface area contributed by atoms with Gasteiger partial charge in [0, 0.05) is 19.3 Å². The van der Waals surface area contributed by atoms with E-state index in [0.29, 0.717) is 19.3 Å². The normalized spacial score (nSPS) is 11.9. The summed E-state index contributed by atoms with van der Waals surface area (Å²) < 4.78 is 16.9. The van der Waals surface area contributed by atoms with Gasteiger partial charge in [-0.1, -0.05) is 419 Å². The second-order valence-electron chi connectivity index (χ2n) is 26.6. The Morgan fingerprint density at radius 2 is 0.325 bits per heavy atom. The SMILES string of the molecule is CCCCCCCCCCCCCCCCCCCCCCCCCCCCCCCCCCC(=O)OCC(COC(=O)CCCCCCCC)OC(=O)CCCCCCCCCCCCCCCCCCCCCCCCCCCCC. The molecule has 6 heteroatoms. The minimum atomic E-state index is -0.762. The highest BCUT2D eigenvalue weighted by molar-refractivity contribution is 5.71. The fourth-order valence-corrected chi connectivity index (χ4v) is 12.3. The first-order valence-corrected chi connectivity index (χ1v) is 38.5. The second kappa shape index (κ2) is 72.9. The van der Waals surface area contributed by atoms with E-state index in [2.05, 4.69) is 20.8 Å². The fourth-order valence-electron chi connectivity index (χ4n) is 12.3. The van der Waals surface area contributed by atoms with Crippen molar-refractivity contribution in [1.82, 2.24) is 0 Å². The summed E-state index contributed by atoms with van der Waals surface area (Å²) in [5.41, 5.74) is 0. The maximum atomic E-state index is 12.9.